The standard InChI is InChI=1S/C22H22ClN3O3/c1-13-4-7-16(8-5-13)21-15(3)20(22(29)24-11-10-19(27)28)25-26(21)18-9-6-14(2)12-17(18)23/h4-9,12H,10-11H2,1-3H3,(H,24,29)(H,27,28). The van der Waals surface area contributed by atoms with E-state index in [0.717, 1.165) is 22.4 Å². The van der Waals surface area contributed by atoms with Crippen molar-refractivity contribution < 1.29 is 14.7 Å². The minimum atomic E-state index is -0.973. The van der Waals surface area contributed by atoms with Crippen LogP contribution >= 0.6 is 11.6 Å². The van der Waals surface area contributed by atoms with E-state index < -0.39 is 11.9 Å². The average Bonchev–Trinajstić information content (AvgIpc) is 2.99. The van der Waals surface area contributed by atoms with Crippen LogP contribution in [0.25, 0.3) is 16.9 Å². The number of hydrogen-bond donors (Lipinski definition) is 2. The number of hydrogen-bond acceptors (Lipinski definition) is 3. The molecule has 3 rings (SSSR count). The molecular formula is C22H22ClN3O3. The van der Waals surface area contributed by atoms with Crippen LogP contribution in [0.3, 0.4) is 0 Å². The second kappa shape index (κ2) is 8.49. The van der Waals surface area contributed by atoms with Gasteiger partial charge in [0.15, 0.2) is 5.69 Å². The molecule has 0 bridgehead atoms. The molecule has 29 heavy (non-hydrogen) atoms. The third-order valence-corrected chi connectivity index (χ3v) is 4.92. The van der Waals surface area contributed by atoms with Gasteiger partial charge in [-0.1, -0.05) is 47.5 Å². The Morgan fingerprint density at radius 2 is 1.72 bits per heavy atom. The summed E-state index contributed by atoms with van der Waals surface area (Å²) in [5, 5.41) is 16.5. The Morgan fingerprint density at radius 1 is 1.07 bits per heavy atom. The van der Waals surface area contributed by atoms with Crippen molar-refractivity contribution in [3.8, 4) is 16.9 Å². The molecule has 1 aromatic heterocycles. The first-order chi connectivity index (χ1) is 13.8. The summed E-state index contributed by atoms with van der Waals surface area (Å²) in [5.41, 5.74) is 5.41. The number of carbonyl (C=O) groups excluding carboxylic acids is 1. The third kappa shape index (κ3) is 4.49. The summed E-state index contributed by atoms with van der Waals surface area (Å²) >= 11 is 6.48. The molecule has 0 unspecified atom stereocenters. The molecule has 0 saturated carbocycles. The predicted octanol–water partition coefficient (Wildman–Crippen LogP) is 4.32. The molecule has 150 valence electrons. The number of nitrogens with one attached hydrogen (secondary N) is 1. The van der Waals surface area contributed by atoms with Crippen molar-refractivity contribution in [1.82, 2.24) is 15.1 Å². The van der Waals surface area contributed by atoms with E-state index in [1.165, 1.54) is 0 Å². The molecule has 0 saturated heterocycles. The highest BCUT2D eigenvalue weighted by Gasteiger charge is 2.23. The van der Waals surface area contributed by atoms with Gasteiger partial charge in [-0.15, -0.1) is 0 Å². The average molecular weight is 412 g/mol. The zero-order chi connectivity index (χ0) is 21.1. The minimum Gasteiger partial charge on any atom is -0.481 e. The third-order valence-electron chi connectivity index (χ3n) is 4.62. The first-order valence-corrected chi connectivity index (χ1v) is 9.59. The number of carboxylic acids is 1. The number of aliphatic carboxylic acids is 1. The summed E-state index contributed by atoms with van der Waals surface area (Å²) in [6, 6.07) is 13.6. The van der Waals surface area contributed by atoms with Gasteiger partial charge in [0, 0.05) is 17.7 Å². The largest absolute Gasteiger partial charge is 0.481 e. The monoisotopic (exact) mass is 411 g/mol. The van der Waals surface area contributed by atoms with Crippen LogP contribution < -0.4 is 5.32 Å². The molecule has 7 heteroatoms. The number of nitrogens with zero attached hydrogens (tertiary/aromatic N) is 2. The second-order valence-corrected chi connectivity index (χ2v) is 7.36. The number of rotatable bonds is 6. The summed E-state index contributed by atoms with van der Waals surface area (Å²) in [6.07, 6.45) is -0.153. The number of amides is 1. The fourth-order valence-electron chi connectivity index (χ4n) is 3.09. The van der Waals surface area contributed by atoms with E-state index in [4.69, 9.17) is 16.7 Å². The zero-order valence-corrected chi connectivity index (χ0v) is 17.2. The maximum absolute atomic E-state index is 12.7. The highest BCUT2D eigenvalue weighted by Crippen LogP contribution is 2.32. The number of aryl methyl sites for hydroxylation is 2. The Morgan fingerprint density at radius 3 is 2.34 bits per heavy atom. The molecule has 1 amide bonds. The second-order valence-electron chi connectivity index (χ2n) is 6.95. The van der Waals surface area contributed by atoms with Gasteiger partial charge >= 0.3 is 5.97 Å². The van der Waals surface area contributed by atoms with E-state index >= 15 is 0 Å². The molecule has 0 aliphatic heterocycles. The van der Waals surface area contributed by atoms with Gasteiger partial charge in [-0.2, -0.15) is 5.10 Å². The van der Waals surface area contributed by atoms with Gasteiger partial charge in [0.2, 0.25) is 0 Å². The molecule has 0 aliphatic rings. The summed E-state index contributed by atoms with van der Waals surface area (Å²) in [6.45, 7) is 5.82. The number of carboxylic acid groups (broad SMARTS) is 1. The molecule has 2 aromatic carbocycles. The van der Waals surface area contributed by atoms with Crippen molar-refractivity contribution in [3.05, 3.63) is 69.9 Å². The Labute approximate surface area is 174 Å². The van der Waals surface area contributed by atoms with E-state index in [1.807, 2.05) is 63.2 Å². The van der Waals surface area contributed by atoms with Gasteiger partial charge < -0.3 is 10.4 Å². The van der Waals surface area contributed by atoms with Crippen molar-refractivity contribution in [1.29, 1.82) is 0 Å². The lowest BCUT2D eigenvalue weighted by molar-refractivity contribution is -0.136. The fraction of sp³-hybridized carbons (Fsp3) is 0.227. The molecule has 3 aromatic rings. The van der Waals surface area contributed by atoms with Crippen LogP contribution in [0.2, 0.25) is 5.02 Å². The highest BCUT2D eigenvalue weighted by molar-refractivity contribution is 6.32. The van der Waals surface area contributed by atoms with Crippen LogP contribution in [0.5, 0.6) is 0 Å². The van der Waals surface area contributed by atoms with Gasteiger partial charge in [0.05, 0.1) is 22.8 Å². The number of halogens is 1. The molecule has 0 radical (unpaired) electrons. The summed E-state index contributed by atoms with van der Waals surface area (Å²) < 4.78 is 1.67. The van der Waals surface area contributed by atoms with Crippen molar-refractivity contribution in [2.75, 3.05) is 6.54 Å². The van der Waals surface area contributed by atoms with E-state index in [0.29, 0.717) is 16.3 Å². The maximum atomic E-state index is 12.7. The normalized spacial score (nSPS) is 10.8. The van der Waals surface area contributed by atoms with Crippen molar-refractivity contribution in [2.45, 2.75) is 27.2 Å². The van der Waals surface area contributed by atoms with Crippen LogP contribution in [0.15, 0.2) is 42.5 Å². The highest BCUT2D eigenvalue weighted by atomic mass is 35.5. The molecule has 6 nitrogen and oxygen atoms in total. The fourth-order valence-corrected chi connectivity index (χ4v) is 3.40. The van der Waals surface area contributed by atoms with Crippen LogP contribution in [0, 0.1) is 20.8 Å². The molecule has 0 aliphatic carbocycles. The first kappa shape index (κ1) is 20.6. The Kier molecular flexibility index (Phi) is 6.03. The van der Waals surface area contributed by atoms with Gasteiger partial charge in [0.1, 0.15) is 0 Å². The van der Waals surface area contributed by atoms with E-state index in [2.05, 4.69) is 10.4 Å². The topological polar surface area (TPSA) is 84.2 Å². The maximum Gasteiger partial charge on any atom is 0.305 e. The van der Waals surface area contributed by atoms with E-state index in [1.54, 1.807) is 4.68 Å². The van der Waals surface area contributed by atoms with Crippen LogP contribution in [-0.4, -0.2) is 33.3 Å². The van der Waals surface area contributed by atoms with Crippen molar-refractivity contribution >= 4 is 23.5 Å². The lowest BCUT2D eigenvalue weighted by Gasteiger charge is -2.11. The van der Waals surface area contributed by atoms with Crippen molar-refractivity contribution in [2.24, 2.45) is 0 Å². The lowest BCUT2D eigenvalue weighted by atomic mass is 10.0. The summed E-state index contributed by atoms with van der Waals surface area (Å²) in [5.74, 6) is -1.39. The van der Waals surface area contributed by atoms with E-state index in [9.17, 15) is 9.59 Å². The van der Waals surface area contributed by atoms with Crippen molar-refractivity contribution in [3.63, 3.8) is 0 Å². The van der Waals surface area contributed by atoms with Gasteiger partial charge in [-0.25, -0.2) is 4.68 Å². The zero-order valence-electron chi connectivity index (χ0n) is 16.5. The summed E-state index contributed by atoms with van der Waals surface area (Å²) in [4.78, 5) is 23.4. The molecule has 1 heterocycles. The Hall–Kier alpha value is -3.12. The van der Waals surface area contributed by atoms with Gasteiger partial charge in [-0.05, 0) is 38.5 Å². The van der Waals surface area contributed by atoms with E-state index in [-0.39, 0.29) is 18.7 Å². The van der Waals surface area contributed by atoms with Crippen LogP contribution in [0.4, 0.5) is 0 Å². The quantitative estimate of drug-likeness (QED) is 0.632. The molecule has 0 fully saturated rings. The number of aromatic nitrogens is 2. The lowest BCUT2D eigenvalue weighted by Crippen LogP contribution is -2.27. The SMILES string of the molecule is Cc1ccc(-c2c(C)c(C(=O)NCCC(=O)O)nn2-c2ccc(C)cc2Cl)cc1. The predicted molar refractivity (Wildman–Crippen MR) is 113 cm³/mol. The van der Waals surface area contributed by atoms with Gasteiger partial charge in [0.25, 0.3) is 5.91 Å². The minimum absolute atomic E-state index is 0.0334. The summed E-state index contributed by atoms with van der Waals surface area (Å²) in [7, 11) is 0. The first-order valence-electron chi connectivity index (χ1n) is 9.21. The van der Waals surface area contributed by atoms with Crippen LogP contribution in [-0.2, 0) is 4.79 Å². The molecular weight excluding hydrogens is 390 g/mol. The number of benzene rings is 2. The molecule has 0 atom stereocenters. The smallest absolute Gasteiger partial charge is 0.305 e. The molecule has 2 N–H and O–H groups in total. The van der Waals surface area contributed by atoms with Gasteiger partial charge in [-0.3, -0.25) is 9.59 Å². The Bertz CT molecular complexity index is 1070. The molecule has 0 spiro atoms. The Balaban J connectivity index is 2.11. The number of carbonyl (C=O) groups is 2. The van der Waals surface area contributed by atoms with Crippen LogP contribution in [0.1, 0.15) is 33.6 Å².